The maximum absolute atomic E-state index is 11.5. The van der Waals surface area contributed by atoms with Gasteiger partial charge in [0.05, 0.1) is 19.8 Å². The van der Waals surface area contributed by atoms with Crippen LogP contribution in [0.25, 0.3) is 0 Å². The standard InChI is InChI=1S/C12H25NO9.ClH.Na.H/c14-4-1-13(2-5-15)3-6-22-12(21)11(20)10(19)9(18)8(17)7-16;;;/h8-11,14-20H,1-7H2;1H;;/t8-,9-,10+,11-;;;/m1.../s1. The summed E-state index contributed by atoms with van der Waals surface area (Å²) in [5.41, 5.74) is 0. The predicted octanol–water partition coefficient (Wildman–Crippen LogP) is -4.97. The van der Waals surface area contributed by atoms with E-state index in [0.717, 1.165) is 0 Å². The summed E-state index contributed by atoms with van der Waals surface area (Å²) in [4.78, 5) is 13.1. The first-order valence-corrected chi connectivity index (χ1v) is 6.82. The van der Waals surface area contributed by atoms with Crippen molar-refractivity contribution in [2.24, 2.45) is 0 Å². The van der Waals surface area contributed by atoms with Crippen LogP contribution in [-0.2, 0) is 9.53 Å². The van der Waals surface area contributed by atoms with E-state index < -0.39 is 37.0 Å². The van der Waals surface area contributed by atoms with Crippen LogP contribution in [0.15, 0.2) is 0 Å². The number of esters is 1. The van der Waals surface area contributed by atoms with Crippen molar-refractivity contribution < 1.29 is 45.3 Å². The molecule has 0 rings (SSSR count). The third kappa shape index (κ3) is 11.1. The van der Waals surface area contributed by atoms with Crippen LogP contribution in [0, 0.1) is 0 Å². The molecule has 142 valence electrons. The third-order valence-electron chi connectivity index (χ3n) is 2.98. The van der Waals surface area contributed by atoms with Crippen molar-refractivity contribution in [1.29, 1.82) is 0 Å². The minimum atomic E-state index is -2.08. The van der Waals surface area contributed by atoms with Gasteiger partial charge in [-0.3, -0.25) is 4.90 Å². The molecular weight excluding hydrogens is 361 g/mol. The molecule has 0 saturated heterocycles. The molecule has 0 aromatic carbocycles. The molecular formula is C12H27ClNNaO9. The quantitative estimate of drug-likeness (QED) is 0.127. The van der Waals surface area contributed by atoms with E-state index in [0.29, 0.717) is 0 Å². The Bertz CT molecular complexity index is 310. The van der Waals surface area contributed by atoms with Crippen LogP contribution in [0.2, 0.25) is 0 Å². The summed E-state index contributed by atoms with van der Waals surface area (Å²) >= 11 is 0. The van der Waals surface area contributed by atoms with Gasteiger partial charge in [0.25, 0.3) is 0 Å². The summed E-state index contributed by atoms with van der Waals surface area (Å²) in [7, 11) is 0. The molecule has 0 saturated carbocycles. The van der Waals surface area contributed by atoms with E-state index in [2.05, 4.69) is 0 Å². The molecule has 0 aliphatic carbocycles. The van der Waals surface area contributed by atoms with Crippen LogP contribution in [0.3, 0.4) is 0 Å². The molecule has 0 radical (unpaired) electrons. The fraction of sp³-hybridized carbons (Fsp3) is 0.917. The van der Waals surface area contributed by atoms with Crippen molar-refractivity contribution in [3.8, 4) is 0 Å². The van der Waals surface area contributed by atoms with E-state index in [1.165, 1.54) is 0 Å². The maximum atomic E-state index is 11.5. The Morgan fingerprint density at radius 2 is 1.42 bits per heavy atom. The molecule has 0 unspecified atom stereocenters. The van der Waals surface area contributed by atoms with Gasteiger partial charge >= 0.3 is 35.5 Å². The molecule has 0 bridgehead atoms. The number of carbonyl (C=O) groups excluding carboxylic acids is 1. The number of aliphatic hydroxyl groups excluding tert-OH is 7. The summed E-state index contributed by atoms with van der Waals surface area (Å²) in [6.07, 6.45) is -7.71. The Morgan fingerprint density at radius 1 is 0.917 bits per heavy atom. The zero-order valence-corrected chi connectivity index (χ0v) is 13.4. The molecule has 4 atom stereocenters. The van der Waals surface area contributed by atoms with Crippen molar-refractivity contribution in [2.75, 3.05) is 46.1 Å². The molecule has 12 heteroatoms. The average molecular weight is 388 g/mol. The van der Waals surface area contributed by atoms with Crippen LogP contribution >= 0.6 is 12.4 Å². The molecule has 0 amide bonds. The number of rotatable bonds is 12. The Morgan fingerprint density at radius 3 is 1.83 bits per heavy atom. The molecule has 24 heavy (non-hydrogen) atoms. The van der Waals surface area contributed by atoms with Gasteiger partial charge in [-0.25, -0.2) is 4.79 Å². The van der Waals surface area contributed by atoms with E-state index >= 15 is 0 Å². The van der Waals surface area contributed by atoms with E-state index in [1.54, 1.807) is 4.90 Å². The Kier molecular flexibility index (Phi) is 20.6. The van der Waals surface area contributed by atoms with Gasteiger partial charge in [0.2, 0.25) is 0 Å². The van der Waals surface area contributed by atoms with Crippen molar-refractivity contribution >= 4 is 47.9 Å². The van der Waals surface area contributed by atoms with Crippen LogP contribution in [0.5, 0.6) is 0 Å². The molecule has 0 aromatic rings. The first-order valence-electron chi connectivity index (χ1n) is 6.82. The number of hydrogen-bond acceptors (Lipinski definition) is 10. The average Bonchev–Trinajstić information content (AvgIpc) is 2.52. The second-order valence-electron chi connectivity index (χ2n) is 4.63. The summed E-state index contributed by atoms with van der Waals surface area (Å²) in [5, 5.41) is 63.7. The van der Waals surface area contributed by atoms with Crippen molar-refractivity contribution in [3.63, 3.8) is 0 Å². The Balaban J connectivity index is -0.00000220. The zero-order chi connectivity index (χ0) is 17.1. The van der Waals surface area contributed by atoms with Gasteiger partial charge < -0.3 is 40.5 Å². The summed E-state index contributed by atoms with van der Waals surface area (Å²) in [6.45, 7) is -0.563. The topological polar surface area (TPSA) is 171 Å². The predicted molar refractivity (Wildman–Crippen MR) is 87.1 cm³/mol. The molecule has 0 heterocycles. The number of carbonyl (C=O) groups is 1. The number of aliphatic hydroxyl groups is 7. The summed E-state index contributed by atoms with van der Waals surface area (Å²) in [6, 6.07) is 0. The Hall–Kier alpha value is 0.440. The normalized spacial score (nSPS) is 15.7. The molecule has 0 aliphatic heterocycles. The van der Waals surface area contributed by atoms with E-state index in [-0.39, 0.29) is 81.4 Å². The third-order valence-corrected chi connectivity index (χ3v) is 2.98. The van der Waals surface area contributed by atoms with Crippen LogP contribution in [0.1, 0.15) is 0 Å². The fourth-order valence-corrected chi connectivity index (χ4v) is 1.64. The number of nitrogens with zero attached hydrogens (tertiary/aromatic N) is 1. The van der Waals surface area contributed by atoms with Crippen LogP contribution in [0.4, 0.5) is 0 Å². The van der Waals surface area contributed by atoms with Gasteiger partial charge in [-0.1, -0.05) is 0 Å². The molecule has 7 N–H and O–H groups in total. The van der Waals surface area contributed by atoms with Gasteiger partial charge in [0.1, 0.15) is 24.9 Å². The molecule has 0 spiro atoms. The first kappa shape index (κ1) is 29.2. The van der Waals surface area contributed by atoms with Gasteiger partial charge in [-0.05, 0) is 0 Å². The minimum absolute atomic E-state index is 0. The zero-order valence-electron chi connectivity index (χ0n) is 12.6. The van der Waals surface area contributed by atoms with Gasteiger partial charge in [-0.15, -0.1) is 12.4 Å². The molecule has 0 aromatic heterocycles. The van der Waals surface area contributed by atoms with Gasteiger partial charge in [0.15, 0.2) is 6.10 Å². The molecule has 0 aliphatic rings. The fourth-order valence-electron chi connectivity index (χ4n) is 1.64. The van der Waals surface area contributed by atoms with Crippen molar-refractivity contribution in [2.45, 2.75) is 24.4 Å². The van der Waals surface area contributed by atoms with Crippen molar-refractivity contribution in [3.05, 3.63) is 0 Å². The SMILES string of the molecule is Cl.O=C(OCCN(CCO)CCO)[C@H](O)[C@@H](O)[C@H](O)[C@H](O)CO.[NaH]. The number of halogens is 1. The first-order chi connectivity index (χ1) is 10.4. The van der Waals surface area contributed by atoms with E-state index in [9.17, 15) is 20.1 Å². The second-order valence-corrected chi connectivity index (χ2v) is 4.63. The van der Waals surface area contributed by atoms with Crippen LogP contribution < -0.4 is 0 Å². The Labute approximate surface area is 168 Å². The van der Waals surface area contributed by atoms with E-state index in [4.69, 9.17) is 25.2 Å². The van der Waals surface area contributed by atoms with Crippen LogP contribution in [-0.4, -0.2) is 147 Å². The second kappa shape index (κ2) is 16.9. The monoisotopic (exact) mass is 387 g/mol. The van der Waals surface area contributed by atoms with E-state index in [1.807, 2.05) is 0 Å². The van der Waals surface area contributed by atoms with Gasteiger partial charge in [0, 0.05) is 19.6 Å². The van der Waals surface area contributed by atoms with Crippen molar-refractivity contribution in [1.82, 2.24) is 4.90 Å². The molecule has 0 fully saturated rings. The molecule has 10 nitrogen and oxygen atoms in total. The summed E-state index contributed by atoms with van der Waals surface area (Å²) in [5.74, 6) is -1.20. The number of ether oxygens (including phenoxy) is 1. The summed E-state index contributed by atoms with van der Waals surface area (Å²) < 4.78 is 4.70. The van der Waals surface area contributed by atoms with Gasteiger partial charge in [-0.2, -0.15) is 0 Å². The number of hydrogen-bond donors (Lipinski definition) is 7.